The molecule has 1 aliphatic carbocycles. The lowest BCUT2D eigenvalue weighted by Crippen LogP contribution is -2.38. The van der Waals surface area contributed by atoms with Gasteiger partial charge in [-0.1, -0.05) is 19.8 Å². The number of nitrogens with two attached hydrogens (primary N) is 1. The van der Waals surface area contributed by atoms with Crippen LogP contribution in [0.25, 0.3) is 0 Å². The van der Waals surface area contributed by atoms with Crippen molar-refractivity contribution in [3.63, 3.8) is 0 Å². The van der Waals surface area contributed by atoms with E-state index in [4.69, 9.17) is 5.73 Å². The second-order valence-corrected chi connectivity index (χ2v) is 6.53. The lowest BCUT2D eigenvalue weighted by molar-refractivity contribution is 0.423. The number of rotatable bonds is 4. The predicted molar refractivity (Wildman–Crippen MR) is 54.3 cm³/mol. The molecule has 0 aromatic carbocycles. The van der Waals surface area contributed by atoms with Crippen LogP contribution in [-0.2, 0) is 9.84 Å². The maximum Gasteiger partial charge on any atom is 0.150 e. The van der Waals surface area contributed by atoms with Crippen LogP contribution in [0.2, 0.25) is 0 Å². The predicted octanol–water partition coefficient (Wildman–Crippen LogP) is 1.08. The van der Waals surface area contributed by atoms with Gasteiger partial charge in [0.05, 0.1) is 5.75 Å². The van der Waals surface area contributed by atoms with Gasteiger partial charge in [-0.05, 0) is 19.3 Å². The molecular weight excluding hydrogens is 186 g/mol. The van der Waals surface area contributed by atoms with Gasteiger partial charge in [-0.2, -0.15) is 0 Å². The van der Waals surface area contributed by atoms with Gasteiger partial charge in [-0.15, -0.1) is 0 Å². The van der Waals surface area contributed by atoms with Gasteiger partial charge >= 0.3 is 0 Å². The van der Waals surface area contributed by atoms with E-state index < -0.39 is 9.84 Å². The van der Waals surface area contributed by atoms with Crippen molar-refractivity contribution < 1.29 is 8.42 Å². The Hall–Kier alpha value is -0.0900. The van der Waals surface area contributed by atoms with Crippen molar-refractivity contribution >= 4 is 9.84 Å². The summed E-state index contributed by atoms with van der Waals surface area (Å²) >= 11 is 0. The largest absolute Gasteiger partial charge is 0.325 e. The minimum absolute atomic E-state index is 0.178. The van der Waals surface area contributed by atoms with E-state index in [9.17, 15) is 8.42 Å². The lowest BCUT2D eigenvalue weighted by atomic mass is 9.96. The number of sulfone groups is 1. The zero-order chi connectivity index (χ0) is 9.95. The van der Waals surface area contributed by atoms with Crippen molar-refractivity contribution in [2.75, 3.05) is 11.5 Å². The first-order valence-corrected chi connectivity index (χ1v) is 6.79. The molecule has 0 bridgehead atoms. The number of hydrogen-bond acceptors (Lipinski definition) is 3. The minimum atomic E-state index is -2.83. The Bertz CT molecular complexity index is 253. The standard InChI is InChI=1S/C9H19NO2S/c1-2-13(11,12)8-7-9(10)5-3-4-6-9/h2-8,10H2,1H3. The molecule has 0 saturated heterocycles. The summed E-state index contributed by atoms with van der Waals surface area (Å²) in [6.07, 6.45) is 4.94. The molecule has 2 N–H and O–H groups in total. The highest BCUT2D eigenvalue weighted by Gasteiger charge is 2.30. The van der Waals surface area contributed by atoms with Gasteiger partial charge in [0.1, 0.15) is 9.84 Å². The fourth-order valence-electron chi connectivity index (χ4n) is 1.83. The second-order valence-electron chi connectivity index (χ2n) is 4.06. The summed E-state index contributed by atoms with van der Waals surface area (Å²) < 4.78 is 22.5. The van der Waals surface area contributed by atoms with E-state index in [0.717, 1.165) is 25.7 Å². The van der Waals surface area contributed by atoms with Crippen molar-refractivity contribution in [1.29, 1.82) is 0 Å². The molecule has 1 fully saturated rings. The molecule has 0 aliphatic heterocycles. The second kappa shape index (κ2) is 3.96. The first-order chi connectivity index (χ1) is 5.97. The van der Waals surface area contributed by atoms with E-state index in [0.29, 0.717) is 6.42 Å². The van der Waals surface area contributed by atoms with Crippen molar-refractivity contribution in [3.05, 3.63) is 0 Å². The molecule has 0 radical (unpaired) electrons. The molecular formula is C9H19NO2S. The molecule has 0 unspecified atom stereocenters. The molecule has 0 heterocycles. The monoisotopic (exact) mass is 205 g/mol. The molecule has 4 heteroatoms. The van der Waals surface area contributed by atoms with E-state index in [2.05, 4.69) is 0 Å². The van der Waals surface area contributed by atoms with Crippen LogP contribution in [-0.4, -0.2) is 25.5 Å². The summed E-state index contributed by atoms with van der Waals surface area (Å²) in [6.45, 7) is 1.69. The third-order valence-corrected chi connectivity index (χ3v) is 4.66. The molecule has 0 spiro atoms. The molecule has 0 aromatic heterocycles. The van der Waals surface area contributed by atoms with Crippen LogP contribution in [0.1, 0.15) is 39.0 Å². The Kier molecular flexibility index (Phi) is 3.35. The van der Waals surface area contributed by atoms with Crippen LogP contribution in [0.5, 0.6) is 0 Å². The van der Waals surface area contributed by atoms with Crippen LogP contribution >= 0.6 is 0 Å². The van der Waals surface area contributed by atoms with E-state index in [-0.39, 0.29) is 17.0 Å². The molecule has 3 nitrogen and oxygen atoms in total. The molecule has 1 aliphatic rings. The van der Waals surface area contributed by atoms with Crippen LogP contribution < -0.4 is 5.73 Å². The van der Waals surface area contributed by atoms with Crippen molar-refractivity contribution in [2.24, 2.45) is 5.73 Å². The summed E-state index contributed by atoms with van der Waals surface area (Å²) in [7, 11) is -2.83. The molecule has 0 aromatic rings. The fourth-order valence-corrected chi connectivity index (χ4v) is 2.84. The molecule has 78 valence electrons. The average Bonchev–Trinajstić information content (AvgIpc) is 2.50. The summed E-state index contributed by atoms with van der Waals surface area (Å²) in [5, 5.41) is 0. The summed E-state index contributed by atoms with van der Waals surface area (Å²) in [5.74, 6) is 0.503. The molecule has 13 heavy (non-hydrogen) atoms. The Morgan fingerprint density at radius 3 is 2.31 bits per heavy atom. The van der Waals surface area contributed by atoms with E-state index in [1.54, 1.807) is 6.92 Å². The average molecular weight is 205 g/mol. The van der Waals surface area contributed by atoms with E-state index in [1.165, 1.54) is 0 Å². The highest BCUT2D eigenvalue weighted by atomic mass is 32.2. The third kappa shape index (κ3) is 3.27. The smallest absolute Gasteiger partial charge is 0.150 e. The summed E-state index contributed by atoms with van der Waals surface area (Å²) in [4.78, 5) is 0. The minimum Gasteiger partial charge on any atom is -0.325 e. The highest BCUT2D eigenvalue weighted by Crippen LogP contribution is 2.30. The van der Waals surface area contributed by atoms with Crippen LogP contribution in [0, 0.1) is 0 Å². The van der Waals surface area contributed by atoms with Crippen molar-refractivity contribution in [1.82, 2.24) is 0 Å². The van der Waals surface area contributed by atoms with Crippen LogP contribution in [0.15, 0.2) is 0 Å². The van der Waals surface area contributed by atoms with Gasteiger partial charge in [0, 0.05) is 11.3 Å². The van der Waals surface area contributed by atoms with Crippen molar-refractivity contribution in [2.45, 2.75) is 44.6 Å². The fraction of sp³-hybridized carbons (Fsp3) is 1.00. The first kappa shape index (κ1) is 11.0. The molecule has 0 amide bonds. The van der Waals surface area contributed by atoms with Crippen LogP contribution in [0.4, 0.5) is 0 Å². The molecule has 0 atom stereocenters. The maximum atomic E-state index is 11.2. The van der Waals surface area contributed by atoms with Gasteiger partial charge in [0.2, 0.25) is 0 Å². The topological polar surface area (TPSA) is 60.2 Å². The Morgan fingerprint density at radius 2 is 1.85 bits per heavy atom. The highest BCUT2D eigenvalue weighted by molar-refractivity contribution is 7.91. The van der Waals surface area contributed by atoms with Gasteiger partial charge in [-0.25, -0.2) is 8.42 Å². The van der Waals surface area contributed by atoms with Crippen LogP contribution in [0.3, 0.4) is 0 Å². The Balaban J connectivity index is 2.42. The van der Waals surface area contributed by atoms with Gasteiger partial charge in [-0.3, -0.25) is 0 Å². The van der Waals surface area contributed by atoms with E-state index >= 15 is 0 Å². The van der Waals surface area contributed by atoms with Gasteiger partial charge in [0.25, 0.3) is 0 Å². The third-order valence-electron chi connectivity index (χ3n) is 2.95. The first-order valence-electron chi connectivity index (χ1n) is 4.97. The van der Waals surface area contributed by atoms with Gasteiger partial charge in [0.15, 0.2) is 0 Å². The Morgan fingerprint density at radius 1 is 1.31 bits per heavy atom. The van der Waals surface area contributed by atoms with Gasteiger partial charge < -0.3 is 5.73 Å². The molecule has 1 rings (SSSR count). The Labute approximate surface area is 80.6 Å². The quantitative estimate of drug-likeness (QED) is 0.747. The SMILES string of the molecule is CCS(=O)(=O)CCC1(N)CCCC1. The zero-order valence-corrected chi connectivity index (χ0v) is 9.07. The summed E-state index contributed by atoms with van der Waals surface area (Å²) in [6, 6.07) is 0. The normalized spacial score (nSPS) is 22.0. The number of hydrogen-bond donors (Lipinski definition) is 1. The summed E-state index contributed by atoms with van der Waals surface area (Å²) in [5.41, 5.74) is 5.88. The zero-order valence-electron chi connectivity index (χ0n) is 8.25. The van der Waals surface area contributed by atoms with E-state index in [1.807, 2.05) is 0 Å². The van der Waals surface area contributed by atoms with Crippen molar-refractivity contribution in [3.8, 4) is 0 Å². The maximum absolute atomic E-state index is 11.2. The lowest BCUT2D eigenvalue weighted by Gasteiger charge is -2.22. The molecule has 1 saturated carbocycles.